The van der Waals surface area contributed by atoms with Gasteiger partial charge < -0.3 is 10.2 Å². The Morgan fingerprint density at radius 3 is 2.28 bits per heavy atom. The first kappa shape index (κ1) is 25.8. The highest BCUT2D eigenvalue weighted by atomic mass is 16.4. The van der Waals surface area contributed by atoms with Crippen LogP contribution in [0.25, 0.3) is 11.1 Å². The second-order valence-corrected chi connectivity index (χ2v) is 8.69. The lowest BCUT2D eigenvalue weighted by Crippen LogP contribution is -2.09. The Bertz CT molecular complexity index is 780. The van der Waals surface area contributed by atoms with E-state index in [0.29, 0.717) is 6.42 Å². The van der Waals surface area contributed by atoms with Gasteiger partial charge in [0.25, 0.3) is 0 Å². The summed E-state index contributed by atoms with van der Waals surface area (Å²) >= 11 is 0. The van der Waals surface area contributed by atoms with Crippen LogP contribution < -0.4 is 0 Å². The van der Waals surface area contributed by atoms with Crippen LogP contribution in [0.1, 0.15) is 77.6 Å². The van der Waals surface area contributed by atoms with E-state index in [1.807, 2.05) is 30.3 Å². The Labute approximate surface area is 193 Å². The second kappa shape index (κ2) is 15.4. The zero-order chi connectivity index (χ0) is 23.0. The number of carboxylic acid groups (broad SMARTS) is 1. The highest BCUT2D eigenvalue weighted by Gasteiger charge is 2.15. The Kier molecular flexibility index (Phi) is 12.4. The molecule has 32 heavy (non-hydrogen) atoms. The second-order valence-electron chi connectivity index (χ2n) is 8.69. The average molecular weight is 438 g/mol. The Hall–Kier alpha value is -2.46. The van der Waals surface area contributed by atoms with Gasteiger partial charge in [-0.1, -0.05) is 94.3 Å². The van der Waals surface area contributed by atoms with Crippen LogP contribution in [0.15, 0.2) is 59.6 Å². The van der Waals surface area contributed by atoms with Crippen LogP contribution in [0.2, 0.25) is 0 Å². The number of carboxylic acids is 1. The van der Waals surface area contributed by atoms with E-state index >= 15 is 0 Å². The number of benzene rings is 2. The smallest absolute Gasteiger partial charge is 0.303 e. The van der Waals surface area contributed by atoms with Gasteiger partial charge in [0.2, 0.25) is 0 Å². The van der Waals surface area contributed by atoms with Gasteiger partial charge in [-0.15, -0.1) is 0 Å². The van der Waals surface area contributed by atoms with Crippen molar-refractivity contribution in [2.75, 3.05) is 0 Å². The maximum atomic E-state index is 10.1. The first-order chi connectivity index (χ1) is 15.6. The number of aliphatic carboxylic acids is 1. The van der Waals surface area contributed by atoms with Crippen LogP contribution in [0, 0.1) is 5.92 Å². The third kappa shape index (κ3) is 10.7. The largest absolute Gasteiger partial charge is 0.481 e. The van der Waals surface area contributed by atoms with E-state index in [0.717, 1.165) is 43.7 Å². The quantitative estimate of drug-likeness (QED) is 0.284. The fourth-order valence-corrected chi connectivity index (χ4v) is 4.03. The van der Waals surface area contributed by atoms with Gasteiger partial charge in [-0.05, 0) is 48.4 Å². The van der Waals surface area contributed by atoms with Gasteiger partial charge in [0.15, 0.2) is 0 Å². The molecule has 1 aliphatic rings. The van der Waals surface area contributed by atoms with E-state index in [1.54, 1.807) is 6.21 Å². The molecule has 4 heteroatoms. The zero-order valence-electron chi connectivity index (χ0n) is 19.5. The van der Waals surface area contributed by atoms with Gasteiger partial charge in [-0.25, -0.2) is 0 Å². The molecule has 1 saturated carbocycles. The topological polar surface area (TPSA) is 69.9 Å². The summed E-state index contributed by atoms with van der Waals surface area (Å²) in [6.07, 6.45) is 13.2. The van der Waals surface area contributed by atoms with Crippen molar-refractivity contribution in [1.82, 2.24) is 0 Å². The van der Waals surface area contributed by atoms with Gasteiger partial charge in [0.05, 0.1) is 11.8 Å². The molecule has 2 aromatic rings. The average Bonchev–Trinajstić information content (AvgIpc) is 3.34. The van der Waals surface area contributed by atoms with E-state index < -0.39 is 12.1 Å². The summed E-state index contributed by atoms with van der Waals surface area (Å²) in [4.78, 5) is 14.4. The molecule has 0 saturated heterocycles. The van der Waals surface area contributed by atoms with Gasteiger partial charge in [0, 0.05) is 12.6 Å². The standard InChI is InChI=1S/C21H25NO.C7H14O2/c23-21(15-10-17-6-4-5-7-17)16-22-20-13-11-19(12-14-20)18-8-2-1-3-9-18;1-2-3-4-5-6-7(8)9/h1-3,8-9,11-14,16-17,21,23H,4-7,10,15H2;2-6H2,1H3,(H,8,9). The number of unbranched alkanes of at least 4 members (excludes halogenated alkanes) is 3. The predicted octanol–water partition coefficient (Wildman–Crippen LogP) is 7.43. The summed E-state index contributed by atoms with van der Waals surface area (Å²) in [5, 5.41) is 18.3. The number of hydrogen-bond acceptors (Lipinski definition) is 3. The minimum absolute atomic E-state index is 0.333. The van der Waals surface area contributed by atoms with Crippen LogP contribution in [0.5, 0.6) is 0 Å². The Morgan fingerprint density at radius 2 is 1.66 bits per heavy atom. The SMILES string of the molecule is CCCCCCC(=O)O.OC(C=Nc1ccc(-c2ccccc2)cc1)CCC1CCCC1. The molecule has 0 bridgehead atoms. The maximum Gasteiger partial charge on any atom is 0.303 e. The number of aliphatic imine (C=N–C) groups is 1. The van der Waals surface area contributed by atoms with Crippen molar-refractivity contribution in [3.05, 3.63) is 54.6 Å². The van der Waals surface area contributed by atoms with Crippen molar-refractivity contribution >= 4 is 17.9 Å². The highest BCUT2D eigenvalue weighted by molar-refractivity contribution is 5.70. The molecule has 0 radical (unpaired) electrons. The van der Waals surface area contributed by atoms with Gasteiger partial charge >= 0.3 is 5.97 Å². The first-order valence-electron chi connectivity index (χ1n) is 12.2. The lowest BCUT2D eigenvalue weighted by Gasteiger charge is -2.10. The highest BCUT2D eigenvalue weighted by Crippen LogP contribution is 2.29. The molecule has 0 spiro atoms. The summed E-state index contributed by atoms with van der Waals surface area (Å²) in [6.45, 7) is 2.11. The molecule has 1 unspecified atom stereocenters. The lowest BCUT2D eigenvalue weighted by molar-refractivity contribution is -0.137. The predicted molar refractivity (Wildman–Crippen MR) is 134 cm³/mol. The van der Waals surface area contributed by atoms with Crippen molar-refractivity contribution in [2.45, 2.75) is 83.7 Å². The number of aliphatic hydroxyl groups is 1. The van der Waals surface area contributed by atoms with E-state index in [9.17, 15) is 9.90 Å². The number of nitrogens with zero attached hydrogens (tertiary/aromatic N) is 1. The molecule has 0 aromatic heterocycles. The molecule has 0 amide bonds. The molecule has 1 aliphatic carbocycles. The van der Waals surface area contributed by atoms with Crippen LogP contribution in [-0.4, -0.2) is 28.5 Å². The molecular formula is C28H39NO3. The number of aliphatic hydroxyl groups excluding tert-OH is 1. The van der Waals surface area contributed by atoms with Crippen molar-refractivity contribution in [3.8, 4) is 11.1 Å². The Balaban J connectivity index is 0.000000344. The number of rotatable bonds is 11. The summed E-state index contributed by atoms with van der Waals surface area (Å²) in [7, 11) is 0. The molecule has 2 aromatic carbocycles. The molecule has 3 rings (SSSR count). The molecule has 1 fully saturated rings. The number of carbonyl (C=O) groups is 1. The van der Waals surface area contributed by atoms with E-state index in [2.05, 4.69) is 36.2 Å². The molecule has 1 atom stereocenters. The van der Waals surface area contributed by atoms with Crippen molar-refractivity contribution < 1.29 is 15.0 Å². The summed E-state index contributed by atoms with van der Waals surface area (Å²) in [6, 6.07) is 18.5. The van der Waals surface area contributed by atoms with E-state index in [-0.39, 0.29) is 0 Å². The maximum absolute atomic E-state index is 10.1. The van der Waals surface area contributed by atoms with Crippen molar-refractivity contribution in [2.24, 2.45) is 10.9 Å². The zero-order valence-corrected chi connectivity index (χ0v) is 19.5. The van der Waals surface area contributed by atoms with Gasteiger partial charge in [-0.2, -0.15) is 0 Å². The van der Waals surface area contributed by atoms with Crippen LogP contribution in [0.4, 0.5) is 5.69 Å². The van der Waals surface area contributed by atoms with E-state index in [1.165, 1.54) is 43.2 Å². The minimum Gasteiger partial charge on any atom is -0.481 e. The molecule has 0 aliphatic heterocycles. The van der Waals surface area contributed by atoms with Crippen molar-refractivity contribution in [3.63, 3.8) is 0 Å². The summed E-state index contributed by atoms with van der Waals surface area (Å²) in [5.41, 5.74) is 3.29. The lowest BCUT2D eigenvalue weighted by atomic mass is 10.00. The first-order valence-corrected chi connectivity index (χ1v) is 12.2. The van der Waals surface area contributed by atoms with Crippen LogP contribution >= 0.6 is 0 Å². The summed E-state index contributed by atoms with van der Waals surface area (Å²) < 4.78 is 0. The molecule has 2 N–H and O–H groups in total. The van der Waals surface area contributed by atoms with Gasteiger partial charge in [0.1, 0.15) is 0 Å². The van der Waals surface area contributed by atoms with Crippen LogP contribution in [0.3, 0.4) is 0 Å². The van der Waals surface area contributed by atoms with Crippen molar-refractivity contribution in [1.29, 1.82) is 0 Å². The third-order valence-electron chi connectivity index (χ3n) is 5.96. The Morgan fingerprint density at radius 1 is 1.00 bits per heavy atom. The molecule has 4 nitrogen and oxygen atoms in total. The van der Waals surface area contributed by atoms with E-state index in [4.69, 9.17) is 5.11 Å². The summed E-state index contributed by atoms with van der Waals surface area (Å²) in [5.74, 6) is 0.148. The monoisotopic (exact) mass is 437 g/mol. The third-order valence-corrected chi connectivity index (χ3v) is 5.96. The fourth-order valence-electron chi connectivity index (χ4n) is 4.03. The molecule has 0 heterocycles. The normalized spacial score (nSPS) is 14.8. The minimum atomic E-state index is -0.675. The van der Waals surface area contributed by atoms with Gasteiger partial charge in [-0.3, -0.25) is 9.79 Å². The molecular weight excluding hydrogens is 398 g/mol. The number of hydrogen-bond donors (Lipinski definition) is 2. The van der Waals surface area contributed by atoms with Crippen LogP contribution in [-0.2, 0) is 4.79 Å². The fraction of sp³-hybridized carbons (Fsp3) is 0.500. The molecule has 174 valence electrons.